The molecule has 0 saturated heterocycles. The topological polar surface area (TPSA) is 55.7 Å². The van der Waals surface area contributed by atoms with Crippen molar-refractivity contribution in [2.75, 3.05) is 0 Å². The number of oxime groups is 1. The first kappa shape index (κ1) is 10.7. The smallest absolute Gasteiger partial charge is 0.265 e. The molecule has 0 bridgehead atoms. The van der Waals surface area contributed by atoms with E-state index in [1.54, 1.807) is 19.1 Å². The van der Waals surface area contributed by atoms with Gasteiger partial charge >= 0.3 is 10.1 Å². The lowest BCUT2D eigenvalue weighted by Crippen LogP contribution is -2.02. The minimum Gasteiger partial charge on any atom is -0.265 e. The highest BCUT2D eigenvalue weighted by Gasteiger charge is 2.14. The molecule has 0 unspecified atom stereocenters. The summed E-state index contributed by atoms with van der Waals surface area (Å²) in [5, 5.41) is 3.23. The van der Waals surface area contributed by atoms with E-state index in [1.807, 2.05) is 6.92 Å². The van der Waals surface area contributed by atoms with E-state index < -0.39 is 10.1 Å². The summed E-state index contributed by atoms with van der Waals surface area (Å²) in [6.07, 6.45) is 1.27. The summed E-state index contributed by atoms with van der Waals surface area (Å²) in [6, 6.07) is 6.36. The van der Waals surface area contributed by atoms with E-state index >= 15 is 0 Å². The first-order chi connectivity index (χ1) is 6.56. The van der Waals surface area contributed by atoms with Crippen molar-refractivity contribution < 1.29 is 12.7 Å². The molecule has 0 heterocycles. The van der Waals surface area contributed by atoms with Crippen LogP contribution in [0.4, 0.5) is 0 Å². The Labute approximate surface area is 83.3 Å². The van der Waals surface area contributed by atoms with Gasteiger partial charge in [-0.3, -0.25) is 4.28 Å². The Hall–Kier alpha value is -1.36. The van der Waals surface area contributed by atoms with Crippen molar-refractivity contribution in [1.82, 2.24) is 0 Å². The average Bonchev–Trinajstić information content (AvgIpc) is 2.16. The summed E-state index contributed by atoms with van der Waals surface area (Å²) < 4.78 is 27.1. The van der Waals surface area contributed by atoms with Crippen LogP contribution in [-0.4, -0.2) is 14.6 Å². The second kappa shape index (κ2) is 4.23. The monoisotopic (exact) mass is 213 g/mol. The predicted octanol–water partition coefficient (Wildman–Crippen LogP) is 1.71. The third kappa shape index (κ3) is 2.56. The fourth-order valence-electron chi connectivity index (χ4n) is 0.848. The molecule has 1 aromatic carbocycles. The van der Waals surface area contributed by atoms with Gasteiger partial charge in [0.15, 0.2) is 0 Å². The maximum Gasteiger partial charge on any atom is 0.358 e. The Balaban J connectivity index is 2.99. The largest absolute Gasteiger partial charge is 0.358 e. The van der Waals surface area contributed by atoms with Gasteiger partial charge in [0.2, 0.25) is 0 Å². The lowest BCUT2D eigenvalue weighted by atomic mass is 10.2. The highest BCUT2D eigenvalue weighted by molar-refractivity contribution is 7.86. The van der Waals surface area contributed by atoms with E-state index in [-0.39, 0.29) is 4.90 Å². The zero-order valence-electron chi connectivity index (χ0n) is 7.97. The molecule has 14 heavy (non-hydrogen) atoms. The van der Waals surface area contributed by atoms with Gasteiger partial charge in [0, 0.05) is 6.21 Å². The Bertz CT molecular complexity index is 420. The van der Waals surface area contributed by atoms with Gasteiger partial charge in [-0.1, -0.05) is 22.9 Å². The van der Waals surface area contributed by atoms with Crippen molar-refractivity contribution in [3.63, 3.8) is 0 Å². The van der Waals surface area contributed by atoms with Crippen molar-refractivity contribution in [3.05, 3.63) is 29.8 Å². The summed E-state index contributed by atoms with van der Waals surface area (Å²) >= 11 is 0. The van der Waals surface area contributed by atoms with Crippen molar-refractivity contribution in [2.45, 2.75) is 18.7 Å². The molecule has 0 aromatic heterocycles. The van der Waals surface area contributed by atoms with E-state index in [1.165, 1.54) is 18.3 Å². The van der Waals surface area contributed by atoms with Crippen LogP contribution in [-0.2, 0) is 14.4 Å². The number of hydrogen-bond donors (Lipinski definition) is 0. The van der Waals surface area contributed by atoms with Crippen LogP contribution in [0.25, 0.3) is 0 Å². The van der Waals surface area contributed by atoms with Crippen LogP contribution in [0.3, 0.4) is 0 Å². The molecule has 0 amide bonds. The molecule has 1 aromatic rings. The second-order valence-corrected chi connectivity index (χ2v) is 4.23. The fraction of sp³-hybridized carbons (Fsp3) is 0.222. The van der Waals surface area contributed by atoms with Crippen LogP contribution in [0.1, 0.15) is 12.5 Å². The van der Waals surface area contributed by atoms with Crippen LogP contribution in [0, 0.1) is 6.92 Å². The Morgan fingerprint density at radius 3 is 2.36 bits per heavy atom. The van der Waals surface area contributed by atoms with E-state index in [0.717, 1.165) is 5.56 Å². The van der Waals surface area contributed by atoms with E-state index in [9.17, 15) is 8.42 Å². The van der Waals surface area contributed by atoms with Gasteiger partial charge in [-0.05, 0) is 26.0 Å². The molecule has 0 aliphatic heterocycles. The van der Waals surface area contributed by atoms with Gasteiger partial charge in [0.05, 0.1) is 0 Å². The number of nitrogens with zero attached hydrogens (tertiary/aromatic N) is 1. The van der Waals surface area contributed by atoms with Gasteiger partial charge in [-0.15, -0.1) is 0 Å². The molecule has 0 aliphatic rings. The highest BCUT2D eigenvalue weighted by atomic mass is 32.2. The van der Waals surface area contributed by atoms with Gasteiger partial charge in [-0.2, -0.15) is 8.42 Å². The molecule has 1 rings (SSSR count). The summed E-state index contributed by atoms with van der Waals surface area (Å²) in [6.45, 7) is 3.45. The summed E-state index contributed by atoms with van der Waals surface area (Å²) in [7, 11) is -3.74. The Morgan fingerprint density at radius 2 is 1.86 bits per heavy atom. The molecule has 4 nitrogen and oxygen atoms in total. The first-order valence-electron chi connectivity index (χ1n) is 4.04. The van der Waals surface area contributed by atoms with E-state index in [2.05, 4.69) is 9.44 Å². The molecule has 0 spiro atoms. The summed E-state index contributed by atoms with van der Waals surface area (Å²) in [5.41, 5.74) is 0.989. The van der Waals surface area contributed by atoms with Crippen LogP contribution >= 0.6 is 0 Å². The maximum absolute atomic E-state index is 11.4. The third-order valence-electron chi connectivity index (χ3n) is 1.56. The van der Waals surface area contributed by atoms with E-state index in [4.69, 9.17) is 0 Å². The van der Waals surface area contributed by atoms with Gasteiger partial charge in [0.1, 0.15) is 4.90 Å². The van der Waals surface area contributed by atoms with Crippen molar-refractivity contribution in [2.24, 2.45) is 5.16 Å². The van der Waals surface area contributed by atoms with Crippen molar-refractivity contribution in [1.29, 1.82) is 0 Å². The average molecular weight is 213 g/mol. The van der Waals surface area contributed by atoms with Crippen LogP contribution in [0.15, 0.2) is 34.3 Å². The Kier molecular flexibility index (Phi) is 3.24. The molecule has 0 radical (unpaired) electrons. The highest BCUT2D eigenvalue weighted by Crippen LogP contribution is 2.12. The molecule has 76 valence electrons. The second-order valence-electron chi connectivity index (χ2n) is 2.71. The number of aryl methyl sites for hydroxylation is 1. The van der Waals surface area contributed by atoms with Crippen molar-refractivity contribution in [3.8, 4) is 0 Å². The molecular formula is C9H11NO3S. The predicted molar refractivity (Wildman–Crippen MR) is 53.6 cm³/mol. The quantitative estimate of drug-likeness (QED) is 0.567. The fourth-order valence-corrected chi connectivity index (χ4v) is 1.60. The SMILES string of the molecule is CC=NOS(=O)(=O)c1ccc(C)cc1. The molecule has 0 fully saturated rings. The normalized spacial score (nSPS) is 11.9. The van der Waals surface area contributed by atoms with Crippen molar-refractivity contribution >= 4 is 16.3 Å². The van der Waals surface area contributed by atoms with Crippen LogP contribution in [0.5, 0.6) is 0 Å². The van der Waals surface area contributed by atoms with Gasteiger partial charge in [0.25, 0.3) is 0 Å². The number of benzene rings is 1. The zero-order chi connectivity index (χ0) is 10.6. The lowest BCUT2D eigenvalue weighted by Gasteiger charge is -2.00. The molecule has 5 heteroatoms. The number of rotatable bonds is 3. The van der Waals surface area contributed by atoms with Crippen LogP contribution in [0.2, 0.25) is 0 Å². The van der Waals surface area contributed by atoms with Gasteiger partial charge in [-0.25, -0.2) is 0 Å². The standard InChI is InChI=1S/C9H11NO3S/c1-3-10-13-14(11,12)9-6-4-8(2)5-7-9/h3-7H,1-2H3. The maximum atomic E-state index is 11.4. The zero-order valence-corrected chi connectivity index (χ0v) is 8.78. The summed E-state index contributed by atoms with van der Waals surface area (Å²) in [4.78, 5) is 0.105. The molecule has 0 N–H and O–H groups in total. The number of hydrogen-bond acceptors (Lipinski definition) is 4. The molecule has 0 aliphatic carbocycles. The third-order valence-corrected chi connectivity index (χ3v) is 2.69. The minimum atomic E-state index is -3.74. The molecule has 0 atom stereocenters. The molecular weight excluding hydrogens is 202 g/mol. The minimum absolute atomic E-state index is 0.105. The Morgan fingerprint density at radius 1 is 1.29 bits per heavy atom. The summed E-state index contributed by atoms with van der Waals surface area (Å²) in [5.74, 6) is 0. The molecule has 0 saturated carbocycles. The first-order valence-corrected chi connectivity index (χ1v) is 5.45. The van der Waals surface area contributed by atoms with Gasteiger partial charge < -0.3 is 0 Å². The lowest BCUT2D eigenvalue weighted by molar-refractivity contribution is 0.340. The van der Waals surface area contributed by atoms with Crippen LogP contribution < -0.4 is 0 Å². The van der Waals surface area contributed by atoms with E-state index in [0.29, 0.717) is 0 Å².